The Bertz CT molecular complexity index is 22.8. The van der Waals surface area contributed by atoms with Gasteiger partial charge in [-0.05, 0) is 12.5 Å². The molecule has 0 amide bonds. The minimum Gasteiger partial charge on any atom is -0.483 e. The maximum absolute atomic E-state index is 8.36. The fraction of sp³-hybridized carbons (Fsp3) is 0.667. The maximum atomic E-state index is 8.36. The molecule has 0 rings (SSSR count). The van der Waals surface area contributed by atoms with E-state index in [-0.39, 0.29) is 6.47 Å². The van der Waals surface area contributed by atoms with Crippen LogP contribution in [0, 0.1) is 0 Å². The Labute approximate surface area is 41.6 Å². The second-order valence-electron chi connectivity index (χ2n) is 0.514. The van der Waals surface area contributed by atoms with Gasteiger partial charge in [-0.15, -0.1) is 0 Å². The summed E-state index contributed by atoms with van der Waals surface area (Å²) in [5.74, 6) is 0. The molecule has 0 aliphatic heterocycles. The Hall–Kier alpha value is -0.180. The van der Waals surface area contributed by atoms with Crippen molar-refractivity contribution in [2.24, 2.45) is 0 Å². The van der Waals surface area contributed by atoms with Gasteiger partial charge in [0.05, 0.1) is 0 Å². The summed E-state index contributed by atoms with van der Waals surface area (Å²) in [5.41, 5.74) is 0. The van der Waals surface area contributed by atoms with Gasteiger partial charge in [0.15, 0.2) is 0 Å². The van der Waals surface area contributed by atoms with E-state index in [9.17, 15) is 0 Å². The van der Waals surface area contributed by atoms with Gasteiger partial charge >= 0.3 is 0 Å². The summed E-state index contributed by atoms with van der Waals surface area (Å²) in [6.45, 7) is -0.250. The topological polar surface area (TPSA) is 37.3 Å². The zero-order valence-electron chi connectivity index (χ0n) is 3.84. The van der Waals surface area contributed by atoms with E-state index < -0.39 is 0 Å². The lowest BCUT2D eigenvalue weighted by Crippen LogP contribution is -1.49. The molecule has 0 aromatic rings. The zero-order chi connectivity index (χ0) is 5.41. The third-order valence-corrected chi connectivity index (χ3v) is 0. The van der Waals surface area contributed by atoms with Crippen LogP contribution in [0.25, 0.3) is 0 Å². The van der Waals surface area contributed by atoms with Crippen molar-refractivity contribution in [1.82, 2.24) is 0 Å². The molecule has 0 bridgehead atoms. The average Bonchev–Trinajstić information content (AvgIpc) is 1.39. The third-order valence-electron chi connectivity index (χ3n) is 0. The van der Waals surface area contributed by atoms with E-state index in [1.807, 2.05) is 12.5 Å². The third kappa shape index (κ3) is 938. The van der Waals surface area contributed by atoms with Crippen LogP contribution in [-0.4, -0.2) is 24.1 Å². The van der Waals surface area contributed by atoms with Crippen LogP contribution in [0.2, 0.25) is 0 Å². The molecule has 0 unspecified atom stereocenters. The average molecular weight is 108 g/mol. The van der Waals surface area contributed by atoms with Crippen molar-refractivity contribution in [3.05, 3.63) is 0 Å². The molecule has 0 fully saturated rings. The largest absolute Gasteiger partial charge is 0.483 e. The Kier molecular flexibility index (Phi) is 32.8. The van der Waals surface area contributed by atoms with Gasteiger partial charge in [0.2, 0.25) is 0 Å². The SMILES string of the molecule is CSC.O=CO. The second kappa shape index (κ2) is 21.2. The van der Waals surface area contributed by atoms with Crippen LogP contribution >= 0.6 is 11.8 Å². The highest BCUT2D eigenvalue weighted by molar-refractivity contribution is 7.97. The number of carboxylic acid groups (broad SMARTS) is 1. The molecule has 0 aromatic carbocycles. The molecule has 1 N–H and O–H groups in total. The monoisotopic (exact) mass is 108 g/mol. The van der Waals surface area contributed by atoms with E-state index in [1.165, 1.54) is 0 Å². The highest BCUT2D eigenvalue weighted by Crippen LogP contribution is 1.70. The Morgan fingerprint density at radius 1 is 1.67 bits per heavy atom. The molecular formula is C3H8O2S. The van der Waals surface area contributed by atoms with E-state index in [1.54, 1.807) is 11.8 Å². The first-order valence-corrected chi connectivity index (χ1v) is 2.94. The molecule has 3 heteroatoms. The number of hydrogen-bond acceptors (Lipinski definition) is 2. The first kappa shape index (κ1) is 9.27. The van der Waals surface area contributed by atoms with Gasteiger partial charge < -0.3 is 5.11 Å². The van der Waals surface area contributed by atoms with Crippen molar-refractivity contribution in [1.29, 1.82) is 0 Å². The van der Waals surface area contributed by atoms with E-state index >= 15 is 0 Å². The quantitative estimate of drug-likeness (QED) is 0.464. The molecule has 0 aliphatic rings. The van der Waals surface area contributed by atoms with Crippen molar-refractivity contribution < 1.29 is 9.90 Å². The van der Waals surface area contributed by atoms with Crippen molar-refractivity contribution in [3.63, 3.8) is 0 Å². The van der Waals surface area contributed by atoms with Crippen LogP contribution in [0.3, 0.4) is 0 Å². The summed E-state index contributed by atoms with van der Waals surface area (Å²) in [7, 11) is 0. The number of rotatable bonds is 0. The molecule has 0 aromatic heterocycles. The van der Waals surface area contributed by atoms with Crippen molar-refractivity contribution >= 4 is 18.2 Å². The molecule has 0 saturated heterocycles. The van der Waals surface area contributed by atoms with Gasteiger partial charge in [0, 0.05) is 0 Å². The smallest absolute Gasteiger partial charge is 0.290 e. The van der Waals surface area contributed by atoms with Crippen molar-refractivity contribution in [2.45, 2.75) is 0 Å². The Morgan fingerprint density at radius 2 is 1.67 bits per heavy atom. The molecular weight excluding hydrogens is 100 g/mol. The first-order chi connectivity index (χ1) is 2.83. The summed E-state index contributed by atoms with van der Waals surface area (Å²) >= 11 is 1.75. The van der Waals surface area contributed by atoms with E-state index in [0.29, 0.717) is 0 Å². The lowest BCUT2D eigenvalue weighted by molar-refractivity contribution is -0.122. The van der Waals surface area contributed by atoms with Crippen LogP contribution in [0.1, 0.15) is 0 Å². The Balaban J connectivity index is 0. The van der Waals surface area contributed by atoms with Crippen molar-refractivity contribution in [3.8, 4) is 0 Å². The molecule has 0 atom stereocenters. The number of carbonyl (C=O) groups is 1. The number of hydrogen-bond donors (Lipinski definition) is 1. The highest BCUT2D eigenvalue weighted by Gasteiger charge is 1.32. The van der Waals surface area contributed by atoms with E-state index in [2.05, 4.69) is 0 Å². The highest BCUT2D eigenvalue weighted by atomic mass is 32.2. The van der Waals surface area contributed by atoms with Gasteiger partial charge in [0.25, 0.3) is 6.47 Å². The van der Waals surface area contributed by atoms with Gasteiger partial charge in [-0.1, -0.05) is 0 Å². The first-order valence-electron chi connectivity index (χ1n) is 1.31. The molecule has 6 heavy (non-hydrogen) atoms. The molecule has 0 radical (unpaired) electrons. The standard InChI is InChI=1S/C2H6S.CH2O2/c1-3-2;2-1-3/h1-2H3;1H,(H,2,3). The lowest BCUT2D eigenvalue weighted by atomic mass is 11.7. The number of thioether (sulfide) groups is 1. The van der Waals surface area contributed by atoms with E-state index in [4.69, 9.17) is 9.90 Å². The van der Waals surface area contributed by atoms with Crippen molar-refractivity contribution in [2.75, 3.05) is 12.5 Å². The van der Waals surface area contributed by atoms with Crippen LogP contribution in [0.4, 0.5) is 0 Å². The van der Waals surface area contributed by atoms with Gasteiger partial charge in [0.1, 0.15) is 0 Å². The van der Waals surface area contributed by atoms with Gasteiger partial charge in [-0.2, -0.15) is 11.8 Å². The fourth-order valence-electron chi connectivity index (χ4n) is 0. The van der Waals surface area contributed by atoms with Crippen LogP contribution in [-0.2, 0) is 4.79 Å². The van der Waals surface area contributed by atoms with Crippen LogP contribution in [0.15, 0.2) is 0 Å². The second-order valence-corrected chi connectivity index (χ2v) is 1.33. The predicted octanol–water partition coefficient (Wildman–Crippen LogP) is 0.680. The maximum Gasteiger partial charge on any atom is 0.290 e. The molecule has 0 aliphatic carbocycles. The summed E-state index contributed by atoms with van der Waals surface area (Å²) in [5, 5.41) is 6.89. The lowest BCUT2D eigenvalue weighted by Gasteiger charge is -1.51. The normalized spacial score (nSPS) is 5.00. The zero-order valence-corrected chi connectivity index (χ0v) is 4.66. The molecule has 0 heterocycles. The fourth-order valence-corrected chi connectivity index (χ4v) is 0. The Morgan fingerprint density at radius 3 is 1.67 bits per heavy atom. The molecule has 0 saturated carbocycles. The predicted molar refractivity (Wildman–Crippen MR) is 28.1 cm³/mol. The van der Waals surface area contributed by atoms with Gasteiger partial charge in [-0.25, -0.2) is 0 Å². The minimum absolute atomic E-state index is 0.250. The minimum atomic E-state index is -0.250. The van der Waals surface area contributed by atoms with E-state index in [0.717, 1.165) is 0 Å². The summed E-state index contributed by atoms with van der Waals surface area (Å²) in [6, 6.07) is 0. The summed E-state index contributed by atoms with van der Waals surface area (Å²) in [6.07, 6.45) is 4.08. The van der Waals surface area contributed by atoms with Crippen LogP contribution in [0.5, 0.6) is 0 Å². The molecule has 38 valence electrons. The molecule has 0 spiro atoms. The molecule has 2 nitrogen and oxygen atoms in total. The van der Waals surface area contributed by atoms with Crippen LogP contribution < -0.4 is 0 Å². The summed E-state index contributed by atoms with van der Waals surface area (Å²) in [4.78, 5) is 8.36. The van der Waals surface area contributed by atoms with Gasteiger partial charge in [-0.3, -0.25) is 4.79 Å². The summed E-state index contributed by atoms with van der Waals surface area (Å²) < 4.78 is 0.